The van der Waals surface area contributed by atoms with Crippen LogP contribution in [0.4, 0.5) is 33.3 Å². The first kappa shape index (κ1) is 18.5. The third-order valence-electron chi connectivity index (χ3n) is 5.11. The van der Waals surface area contributed by atoms with E-state index < -0.39 is 41.2 Å². The number of benzene rings is 3. The fraction of sp³-hybridized carbons (Fsp3) is 0.238. The van der Waals surface area contributed by atoms with Crippen molar-refractivity contribution in [1.29, 1.82) is 0 Å². The van der Waals surface area contributed by atoms with Crippen molar-refractivity contribution in [2.45, 2.75) is 26.4 Å². The number of rotatable bonds is 3. The molecule has 0 aromatic heterocycles. The van der Waals surface area contributed by atoms with Crippen LogP contribution in [-0.2, 0) is 6.54 Å². The first-order valence-electron chi connectivity index (χ1n) is 8.85. The van der Waals surface area contributed by atoms with Crippen molar-refractivity contribution in [2.75, 3.05) is 16.5 Å². The summed E-state index contributed by atoms with van der Waals surface area (Å²) in [5, 5.41) is 1.82. The van der Waals surface area contributed by atoms with E-state index in [1.165, 1.54) is 0 Å². The SMILES string of the molecule is CC(C)N1CN(Cc2c(F)c(F)c(F)c(F)c2F)c2cccc3cccc1c23. The molecule has 0 fully saturated rings. The summed E-state index contributed by atoms with van der Waals surface area (Å²) < 4.78 is 69.1. The maximum atomic E-state index is 14.2. The van der Waals surface area contributed by atoms with Gasteiger partial charge in [0.15, 0.2) is 23.3 Å². The zero-order chi connectivity index (χ0) is 20.2. The van der Waals surface area contributed by atoms with Crippen molar-refractivity contribution in [3.8, 4) is 0 Å². The van der Waals surface area contributed by atoms with Crippen LogP contribution in [-0.4, -0.2) is 12.7 Å². The molecular weight excluding hydrogens is 375 g/mol. The number of halogens is 5. The van der Waals surface area contributed by atoms with Crippen LogP contribution in [0.25, 0.3) is 10.8 Å². The monoisotopic (exact) mass is 392 g/mol. The van der Waals surface area contributed by atoms with Crippen molar-refractivity contribution in [3.63, 3.8) is 0 Å². The van der Waals surface area contributed by atoms with E-state index in [1.54, 1.807) is 17.0 Å². The summed E-state index contributed by atoms with van der Waals surface area (Å²) in [6.45, 7) is 3.77. The Morgan fingerprint density at radius 1 is 0.786 bits per heavy atom. The van der Waals surface area contributed by atoms with Gasteiger partial charge in [-0.1, -0.05) is 24.3 Å². The third-order valence-corrected chi connectivity index (χ3v) is 5.11. The predicted octanol–water partition coefficient (Wildman–Crippen LogP) is 5.73. The van der Waals surface area contributed by atoms with Gasteiger partial charge in [0.05, 0.1) is 13.2 Å². The Morgan fingerprint density at radius 2 is 1.32 bits per heavy atom. The molecule has 0 saturated heterocycles. The molecule has 4 rings (SSSR count). The topological polar surface area (TPSA) is 6.48 Å². The maximum absolute atomic E-state index is 14.2. The van der Waals surface area contributed by atoms with E-state index in [4.69, 9.17) is 0 Å². The highest BCUT2D eigenvalue weighted by molar-refractivity contribution is 6.05. The molecule has 0 amide bonds. The highest BCUT2D eigenvalue weighted by Crippen LogP contribution is 2.41. The quantitative estimate of drug-likeness (QED) is 0.319. The minimum absolute atomic E-state index is 0.0674. The molecule has 1 aliphatic rings. The Kier molecular flexibility index (Phi) is 4.40. The van der Waals surface area contributed by atoms with Crippen LogP contribution in [0.1, 0.15) is 19.4 Å². The molecule has 146 valence electrons. The molecule has 0 spiro atoms. The first-order valence-corrected chi connectivity index (χ1v) is 8.85. The maximum Gasteiger partial charge on any atom is 0.200 e. The summed E-state index contributed by atoms with van der Waals surface area (Å²) in [7, 11) is 0. The predicted molar refractivity (Wildman–Crippen MR) is 98.8 cm³/mol. The van der Waals surface area contributed by atoms with Crippen molar-refractivity contribution >= 4 is 22.1 Å². The molecule has 0 aliphatic carbocycles. The van der Waals surface area contributed by atoms with Crippen LogP contribution in [0.5, 0.6) is 0 Å². The molecular formula is C21H17F5N2. The lowest BCUT2D eigenvalue weighted by Gasteiger charge is -2.41. The number of hydrogen-bond donors (Lipinski definition) is 0. The summed E-state index contributed by atoms with van der Waals surface area (Å²) in [6, 6.07) is 11.4. The standard InChI is InChI=1S/C21H17F5N2/c1-11(2)28-10-27(9-13-17(22)19(24)21(26)20(25)18(13)23)14-7-3-5-12-6-4-8-15(28)16(12)14/h3-8,11H,9-10H2,1-2H3. The molecule has 0 bridgehead atoms. The molecule has 7 heteroatoms. The Balaban J connectivity index is 1.88. The van der Waals surface area contributed by atoms with E-state index in [2.05, 4.69) is 0 Å². The smallest absolute Gasteiger partial charge is 0.200 e. The molecule has 0 atom stereocenters. The lowest BCUT2D eigenvalue weighted by atomic mass is 10.0. The minimum Gasteiger partial charge on any atom is -0.351 e. The zero-order valence-corrected chi connectivity index (χ0v) is 15.2. The van der Waals surface area contributed by atoms with Gasteiger partial charge in [0.2, 0.25) is 5.82 Å². The van der Waals surface area contributed by atoms with Crippen LogP contribution in [0, 0.1) is 29.1 Å². The van der Waals surface area contributed by atoms with Gasteiger partial charge in [-0.05, 0) is 31.4 Å². The van der Waals surface area contributed by atoms with E-state index in [0.717, 1.165) is 16.5 Å². The second-order valence-corrected chi connectivity index (χ2v) is 7.10. The molecule has 0 N–H and O–H groups in total. The molecule has 0 radical (unpaired) electrons. The molecule has 3 aromatic rings. The van der Waals surface area contributed by atoms with E-state index in [9.17, 15) is 22.0 Å². The molecule has 2 nitrogen and oxygen atoms in total. The highest BCUT2D eigenvalue weighted by atomic mass is 19.2. The van der Waals surface area contributed by atoms with Crippen LogP contribution >= 0.6 is 0 Å². The van der Waals surface area contributed by atoms with Gasteiger partial charge in [0.25, 0.3) is 0 Å². The number of nitrogens with zero attached hydrogens (tertiary/aromatic N) is 2. The van der Waals surface area contributed by atoms with Crippen molar-refractivity contribution in [2.24, 2.45) is 0 Å². The van der Waals surface area contributed by atoms with E-state index in [-0.39, 0.29) is 12.7 Å². The molecule has 0 unspecified atom stereocenters. The Hall–Kier alpha value is -2.83. The molecule has 1 aliphatic heterocycles. The van der Waals surface area contributed by atoms with E-state index in [0.29, 0.717) is 5.69 Å². The second kappa shape index (κ2) is 6.65. The van der Waals surface area contributed by atoms with Gasteiger partial charge in [-0.2, -0.15) is 0 Å². The van der Waals surface area contributed by atoms with Crippen molar-refractivity contribution in [3.05, 3.63) is 71.0 Å². The Morgan fingerprint density at radius 3 is 1.89 bits per heavy atom. The lowest BCUT2D eigenvalue weighted by Crippen LogP contribution is -2.44. The largest absolute Gasteiger partial charge is 0.351 e. The summed E-state index contributed by atoms with van der Waals surface area (Å²) >= 11 is 0. The average molecular weight is 392 g/mol. The van der Waals surface area contributed by atoms with Gasteiger partial charge in [-0.15, -0.1) is 0 Å². The summed E-state index contributed by atoms with van der Waals surface area (Å²) in [5.74, 6) is -9.58. The van der Waals surface area contributed by atoms with Crippen molar-refractivity contribution < 1.29 is 22.0 Å². The van der Waals surface area contributed by atoms with Gasteiger partial charge in [-0.3, -0.25) is 0 Å². The zero-order valence-electron chi connectivity index (χ0n) is 15.2. The Bertz CT molecular complexity index is 1050. The molecule has 3 aromatic carbocycles. The van der Waals surface area contributed by atoms with Crippen LogP contribution < -0.4 is 9.80 Å². The van der Waals surface area contributed by atoms with Gasteiger partial charge in [-0.25, -0.2) is 22.0 Å². The Labute approximate surface area is 158 Å². The summed E-state index contributed by atoms with van der Waals surface area (Å²) in [4.78, 5) is 3.66. The first-order chi connectivity index (χ1) is 13.3. The average Bonchev–Trinajstić information content (AvgIpc) is 2.69. The van der Waals surface area contributed by atoms with Gasteiger partial charge in [0, 0.05) is 28.4 Å². The van der Waals surface area contributed by atoms with Gasteiger partial charge in [0.1, 0.15) is 0 Å². The summed E-state index contributed by atoms with van der Waals surface area (Å²) in [6.07, 6.45) is 0. The minimum atomic E-state index is -2.14. The third kappa shape index (κ3) is 2.68. The van der Waals surface area contributed by atoms with E-state index in [1.807, 2.05) is 43.0 Å². The van der Waals surface area contributed by atoms with Crippen LogP contribution in [0.2, 0.25) is 0 Å². The lowest BCUT2D eigenvalue weighted by molar-refractivity contribution is 0.369. The summed E-state index contributed by atoms with van der Waals surface area (Å²) in [5.41, 5.74) is 0.821. The molecule has 0 saturated carbocycles. The second-order valence-electron chi connectivity index (χ2n) is 7.10. The van der Waals surface area contributed by atoms with Crippen LogP contribution in [0.3, 0.4) is 0 Å². The number of hydrogen-bond acceptors (Lipinski definition) is 2. The highest BCUT2D eigenvalue weighted by Gasteiger charge is 2.30. The van der Waals surface area contributed by atoms with Crippen LogP contribution in [0.15, 0.2) is 36.4 Å². The molecule has 28 heavy (non-hydrogen) atoms. The fourth-order valence-corrected chi connectivity index (χ4v) is 3.70. The molecule has 1 heterocycles. The fourth-order valence-electron chi connectivity index (χ4n) is 3.70. The van der Waals surface area contributed by atoms with Gasteiger partial charge < -0.3 is 9.80 Å². The van der Waals surface area contributed by atoms with Gasteiger partial charge >= 0.3 is 0 Å². The number of anilines is 2. The normalized spacial score (nSPS) is 13.7. The van der Waals surface area contributed by atoms with E-state index >= 15 is 0 Å². The van der Waals surface area contributed by atoms with Crippen molar-refractivity contribution in [1.82, 2.24) is 0 Å².